The fourth-order valence-corrected chi connectivity index (χ4v) is 5.45. The molecule has 3 fully saturated rings. The Morgan fingerprint density at radius 2 is 2.00 bits per heavy atom. The van der Waals surface area contributed by atoms with Crippen LogP contribution in [0, 0.1) is 5.92 Å². The van der Waals surface area contributed by atoms with Crippen molar-refractivity contribution < 1.29 is 0 Å². The first-order valence-corrected chi connectivity index (χ1v) is 8.92. The predicted molar refractivity (Wildman–Crippen MR) is 84.8 cm³/mol. The summed E-state index contributed by atoms with van der Waals surface area (Å²) in [6.07, 6.45) is 9.63. The molecule has 0 aromatic heterocycles. The monoisotopic (exact) mass is 279 g/mol. The van der Waals surface area contributed by atoms with Crippen LogP contribution in [0.15, 0.2) is 0 Å². The van der Waals surface area contributed by atoms with Crippen molar-refractivity contribution in [2.75, 3.05) is 26.2 Å². The maximum absolute atomic E-state index is 6.38. The van der Waals surface area contributed by atoms with Gasteiger partial charge < -0.3 is 5.73 Å². The molecule has 2 saturated heterocycles. The molecule has 3 rings (SSSR count). The zero-order valence-electron chi connectivity index (χ0n) is 13.5. The number of hydrogen-bond acceptors (Lipinski definition) is 3. The van der Waals surface area contributed by atoms with E-state index in [4.69, 9.17) is 5.73 Å². The molecule has 2 aliphatic heterocycles. The van der Waals surface area contributed by atoms with Crippen LogP contribution in [0.5, 0.6) is 0 Å². The summed E-state index contributed by atoms with van der Waals surface area (Å²) in [4.78, 5) is 5.59. The van der Waals surface area contributed by atoms with E-state index >= 15 is 0 Å². The van der Waals surface area contributed by atoms with Gasteiger partial charge in [-0.05, 0) is 45.1 Å². The van der Waals surface area contributed by atoms with Crippen molar-refractivity contribution in [2.24, 2.45) is 11.7 Å². The highest BCUT2D eigenvalue weighted by Crippen LogP contribution is 2.42. The lowest BCUT2D eigenvalue weighted by molar-refractivity contribution is -0.0672. The first kappa shape index (κ1) is 14.8. The summed E-state index contributed by atoms with van der Waals surface area (Å²) in [5.41, 5.74) is 6.69. The molecule has 0 aromatic rings. The summed E-state index contributed by atoms with van der Waals surface area (Å²) >= 11 is 0. The maximum atomic E-state index is 6.38. The van der Waals surface area contributed by atoms with Gasteiger partial charge in [-0.25, -0.2) is 0 Å². The van der Waals surface area contributed by atoms with Gasteiger partial charge in [0.1, 0.15) is 0 Å². The molecule has 0 radical (unpaired) electrons. The van der Waals surface area contributed by atoms with Gasteiger partial charge in [0.05, 0.1) is 0 Å². The highest BCUT2D eigenvalue weighted by Gasteiger charge is 2.48. The topological polar surface area (TPSA) is 32.5 Å². The molecule has 2 heterocycles. The van der Waals surface area contributed by atoms with Crippen LogP contribution in [0.25, 0.3) is 0 Å². The molecule has 20 heavy (non-hydrogen) atoms. The zero-order valence-corrected chi connectivity index (χ0v) is 13.5. The van der Waals surface area contributed by atoms with Crippen LogP contribution in [-0.2, 0) is 0 Å². The van der Waals surface area contributed by atoms with Gasteiger partial charge in [-0.15, -0.1) is 0 Å². The second-order valence-corrected chi connectivity index (χ2v) is 7.45. The normalized spacial score (nSPS) is 43.6. The first-order chi connectivity index (χ1) is 9.71. The molecule has 3 heteroatoms. The molecule has 4 unspecified atom stereocenters. The largest absolute Gasteiger partial charge is 0.329 e. The van der Waals surface area contributed by atoms with Crippen LogP contribution in [0.2, 0.25) is 0 Å². The van der Waals surface area contributed by atoms with E-state index in [1.54, 1.807) is 0 Å². The van der Waals surface area contributed by atoms with Gasteiger partial charge in [0.2, 0.25) is 0 Å². The number of rotatable bonds is 3. The summed E-state index contributed by atoms with van der Waals surface area (Å²) in [6, 6.07) is 1.49. The minimum absolute atomic E-state index is 0.307. The Labute approximate surface area is 124 Å². The molecule has 3 aliphatic rings. The molecular weight excluding hydrogens is 246 g/mol. The van der Waals surface area contributed by atoms with Crippen molar-refractivity contribution in [3.05, 3.63) is 0 Å². The quantitative estimate of drug-likeness (QED) is 0.861. The molecule has 2 N–H and O–H groups in total. The van der Waals surface area contributed by atoms with Crippen molar-refractivity contribution >= 4 is 0 Å². The van der Waals surface area contributed by atoms with Crippen LogP contribution >= 0.6 is 0 Å². The maximum Gasteiger partial charge on any atom is 0.0363 e. The third-order valence-corrected chi connectivity index (χ3v) is 6.53. The van der Waals surface area contributed by atoms with Crippen molar-refractivity contribution in [2.45, 2.75) is 76.4 Å². The Bertz CT molecular complexity index is 332. The fourth-order valence-electron chi connectivity index (χ4n) is 5.45. The standard InChI is InChI=1S/C17H33N3/c1-3-15-7-4-5-9-17(15,13-18)20-12-16-8-6-10-19(16)11-14(20)2/h14-16H,3-13,18H2,1-2H3. The average Bonchev–Trinajstić information content (AvgIpc) is 2.93. The van der Waals surface area contributed by atoms with E-state index < -0.39 is 0 Å². The summed E-state index contributed by atoms with van der Waals surface area (Å²) in [5.74, 6) is 0.816. The van der Waals surface area contributed by atoms with E-state index in [0.717, 1.165) is 18.5 Å². The van der Waals surface area contributed by atoms with Gasteiger partial charge in [-0.3, -0.25) is 9.80 Å². The number of hydrogen-bond donors (Lipinski definition) is 1. The van der Waals surface area contributed by atoms with Crippen LogP contribution in [0.4, 0.5) is 0 Å². The number of nitrogens with two attached hydrogens (primary N) is 1. The van der Waals surface area contributed by atoms with Crippen LogP contribution in [-0.4, -0.2) is 53.6 Å². The Balaban J connectivity index is 1.83. The van der Waals surface area contributed by atoms with Crippen molar-refractivity contribution in [1.29, 1.82) is 0 Å². The van der Waals surface area contributed by atoms with Crippen LogP contribution < -0.4 is 5.73 Å². The molecular formula is C17H33N3. The molecule has 1 aliphatic carbocycles. The van der Waals surface area contributed by atoms with E-state index in [1.807, 2.05) is 0 Å². The molecule has 0 spiro atoms. The number of nitrogens with zero attached hydrogens (tertiary/aromatic N) is 2. The molecule has 0 amide bonds. The molecule has 116 valence electrons. The molecule has 1 saturated carbocycles. The number of fused-ring (bicyclic) bond motifs is 1. The Morgan fingerprint density at radius 1 is 1.15 bits per heavy atom. The van der Waals surface area contributed by atoms with Gasteiger partial charge in [-0.1, -0.05) is 26.2 Å². The van der Waals surface area contributed by atoms with E-state index in [1.165, 1.54) is 64.6 Å². The Hall–Kier alpha value is -0.120. The second-order valence-electron chi connectivity index (χ2n) is 7.45. The van der Waals surface area contributed by atoms with Gasteiger partial charge in [-0.2, -0.15) is 0 Å². The van der Waals surface area contributed by atoms with Gasteiger partial charge in [0.25, 0.3) is 0 Å². The lowest BCUT2D eigenvalue weighted by atomic mass is 9.69. The predicted octanol–water partition coefficient (Wildman–Crippen LogP) is 2.45. The van der Waals surface area contributed by atoms with Gasteiger partial charge >= 0.3 is 0 Å². The van der Waals surface area contributed by atoms with Crippen LogP contribution in [0.3, 0.4) is 0 Å². The van der Waals surface area contributed by atoms with Crippen molar-refractivity contribution in [3.63, 3.8) is 0 Å². The third kappa shape index (κ3) is 2.32. The zero-order chi connectivity index (χ0) is 14.2. The molecule has 0 aromatic carbocycles. The summed E-state index contributed by atoms with van der Waals surface area (Å²) in [7, 11) is 0. The lowest BCUT2D eigenvalue weighted by Crippen LogP contribution is -2.68. The summed E-state index contributed by atoms with van der Waals surface area (Å²) in [6.45, 7) is 9.54. The lowest BCUT2D eigenvalue weighted by Gasteiger charge is -2.57. The van der Waals surface area contributed by atoms with Gasteiger partial charge in [0.15, 0.2) is 0 Å². The minimum atomic E-state index is 0.307. The van der Waals surface area contributed by atoms with E-state index in [9.17, 15) is 0 Å². The van der Waals surface area contributed by atoms with Crippen molar-refractivity contribution in [1.82, 2.24) is 9.80 Å². The molecule has 4 atom stereocenters. The average molecular weight is 279 g/mol. The third-order valence-electron chi connectivity index (χ3n) is 6.53. The molecule has 0 bridgehead atoms. The van der Waals surface area contributed by atoms with E-state index in [0.29, 0.717) is 11.6 Å². The minimum Gasteiger partial charge on any atom is -0.329 e. The van der Waals surface area contributed by atoms with Crippen LogP contribution in [0.1, 0.15) is 58.8 Å². The SMILES string of the molecule is CCC1CCCCC1(CN)N1CC2CCCN2CC1C. The second kappa shape index (κ2) is 5.94. The van der Waals surface area contributed by atoms with E-state index in [2.05, 4.69) is 23.6 Å². The highest BCUT2D eigenvalue weighted by atomic mass is 15.3. The fraction of sp³-hybridized carbons (Fsp3) is 1.00. The highest BCUT2D eigenvalue weighted by molar-refractivity contribution is 5.05. The summed E-state index contributed by atoms with van der Waals surface area (Å²) < 4.78 is 0. The number of piperazine rings is 1. The van der Waals surface area contributed by atoms with E-state index in [-0.39, 0.29) is 0 Å². The first-order valence-electron chi connectivity index (χ1n) is 8.92. The molecule has 3 nitrogen and oxygen atoms in total. The Kier molecular flexibility index (Phi) is 4.40. The Morgan fingerprint density at radius 3 is 2.75 bits per heavy atom. The summed E-state index contributed by atoms with van der Waals surface area (Å²) in [5, 5.41) is 0. The van der Waals surface area contributed by atoms with Crippen molar-refractivity contribution in [3.8, 4) is 0 Å². The van der Waals surface area contributed by atoms with Gasteiger partial charge in [0, 0.05) is 37.3 Å². The smallest absolute Gasteiger partial charge is 0.0363 e.